The molecule has 1 rings (SSSR count). The van der Waals surface area contributed by atoms with Gasteiger partial charge in [0.05, 0.1) is 7.11 Å². The number of benzene rings is 1. The minimum atomic E-state index is -3.92. The maximum absolute atomic E-state index is 11.4. The van der Waals surface area contributed by atoms with Crippen LogP contribution in [-0.4, -0.2) is 21.6 Å². The summed E-state index contributed by atoms with van der Waals surface area (Å²) < 4.78 is 30.8. The van der Waals surface area contributed by atoms with Gasteiger partial charge in [-0.1, -0.05) is 24.3 Å². The van der Waals surface area contributed by atoms with E-state index in [9.17, 15) is 13.2 Å². The first-order valence-electron chi connectivity index (χ1n) is 5.10. The highest BCUT2D eigenvalue weighted by molar-refractivity contribution is 7.88. The molecule has 1 aromatic rings. The van der Waals surface area contributed by atoms with Crippen molar-refractivity contribution >= 4 is 16.3 Å². The van der Waals surface area contributed by atoms with Crippen LogP contribution in [0.4, 0.5) is 4.79 Å². The highest BCUT2D eigenvalue weighted by Gasteiger charge is 2.13. The van der Waals surface area contributed by atoms with Crippen LogP contribution in [-0.2, 0) is 28.0 Å². The molecule has 0 aromatic heterocycles. The third kappa shape index (κ3) is 4.70. The second-order valence-corrected chi connectivity index (χ2v) is 4.94. The van der Waals surface area contributed by atoms with Crippen LogP contribution < -0.4 is 15.2 Å². The van der Waals surface area contributed by atoms with Gasteiger partial charge in [0.2, 0.25) is 0 Å². The van der Waals surface area contributed by atoms with Crippen LogP contribution in [0.25, 0.3) is 0 Å². The molecule has 18 heavy (non-hydrogen) atoms. The van der Waals surface area contributed by atoms with Gasteiger partial charge in [-0.05, 0) is 11.1 Å². The van der Waals surface area contributed by atoms with Crippen molar-refractivity contribution in [2.24, 2.45) is 5.73 Å². The SMILES string of the molecule is COC(=O)NS(=O)(=O)NCc1cccc(CN)c1. The van der Waals surface area contributed by atoms with Crippen molar-refractivity contribution in [1.82, 2.24) is 9.44 Å². The molecule has 0 bridgehead atoms. The lowest BCUT2D eigenvalue weighted by Crippen LogP contribution is -2.39. The van der Waals surface area contributed by atoms with Gasteiger partial charge in [0.15, 0.2) is 0 Å². The third-order valence-electron chi connectivity index (χ3n) is 2.10. The smallest absolute Gasteiger partial charge is 0.421 e. The van der Waals surface area contributed by atoms with E-state index in [1.165, 1.54) is 0 Å². The van der Waals surface area contributed by atoms with Crippen molar-refractivity contribution in [2.45, 2.75) is 13.1 Å². The maximum Gasteiger partial charge on any atom is 0.421 e. The van der Waals surface area contributed by atoms with E-state index in [2.05, 4.69) is 9.46 Å². The quantitative estimate of drug-likeness (QED) is 0.690. The zero-order chi connectivity index (χ0) is 13.6. The van der Waals surface area contributed by atoms with Gasteiger partial charge in [-0.15, -0.1) is 0 Å². The second kappa shape index (κ2) is 6.34. The monoisotopic (exact) mass is 273 g/mol. The topological polar surface area (TPSA) is 111 Å². The molecule has 0 aliphatic carbocycles. The Morgan fingerprint density at radius 3 is 2.67 bits per heavy atom. The lowest BCUT2D eigenvalue weighted by molar-refractivity contribution is 0.177. The van der Waals surface area contributed by atoms with Crippen LogP contribution in [0.2, 0.25) is 0 Å². The first-order chi connectivity index (χ1) is 8.46. The van der Waals surface area contributed by atoms with Crippen LogP contribution in [0.3, 0.4) is 0 Å². The molecular formula is C10H15N3O4S. The van der Waals surface area contributed by atoms with Crippen LogP contribution >= 0.6 is 0 Å². The summed E-state index contributed by atoms with van der Waals surface area (Å²) in [4.78, 5) is 10.8. The van der Waals surface area contributed by atoms with Crippen LogP contribution in [0.15, 0.2) is 24.3 Å². The number of carbonyl (C=O) groups is 1. The lowest BCUT2D eigenvalue weighted by atomic mass is 10.1. The van der Waals surface area contributed by atoms with Crippen molar-refractivity contribution in [3.05, 3.63) is 35.4 Å². The molecule has 0 saturated carbocycles. The van der Waals surface area contributed by atoms with E-state index in [4.69, 9.17) is 5.73 Å². The van der Waals surface area contributed by atoms with Gasteiger partial charge in [-0.25, -0.2) is 9.52 Å². The van der Waals surface area contributed by atoms with E-state index in [1.807, 2.05) is 6.07 Å². The van der Waals surface area contributed by atoms with Crippen molar-refractivity contribution in [1.29, 1.82) is 0 Å². The van der Waals surface area contributed by atoms with Crippen molar-refractivity contribution in [2.75, 3.05) is 7.11 Å². The Kier molecular flexibility index (Phi) is 5.08. The molecule has 0 radical (unpaired) electrons. The average Bonchev–Trinajstić information content (AvgIpc) is 2.36. The summed E-state index contributed by atoms with van der Waals surface area (Å²) >= 11 is 0. The van der Waals surface area contributed by atoms with Gasteiger partial charge in [0.1, 0.15) is 0 Å². The first kappa shape index (κ1) is 14.4. The zero-order valence-electron chi connectivity index (χ0n) is 9.84. The molecule has 0 spiro atoms. The van der Waals surface area contributed by atoms with Gasteiger partial charge in [0, 0.05) is 13.1 Å². The predicted molar refractivity (Wildman–Crippen MR) is 65.6 cm³/mol. The summed E-state index contributed by atoms with van der Waals surface area (Å²) in [6.07, 6.45) is -1.04. The highest BCUT2D eigenvalue weighted by atomic mass is 32.2. The van der Waals surface area contributed by atoms with Gasteiger partial charge in [-0.3, -0.25) is 0 Å². The summed E-state index contributed by atoms with van der Waals surface area (Å²) in [5.41, 5.74) is 7.11. The molecule has 0 fully saturated rings. The number of rotatable bonds is 5. The lowest BCUT2D eigenvalue weighted by Gasteiger charge is -2.08. The van der Waals surface area contributed by atoms with E-state index in [0.29, 0.717) is 6.54 Å². The summed E-state index contributed by atoms with van der Waals surface area (Å²) in [6, 6.07) is 7.14. The number of hydrogen-bond acceptors (Lipinski definition) is 5. The van der Waals surface area contributed by atoms with Crippen LogP contribution in [0, 0.1) is 0 Å². The van der Waals surface area contributed by atoms with E-state index in [-0.39, 0.29) is 6.54 Å². The van der Waals surface area contributed by atoms with Gasteiger partial charge in [-0.2, -0.15) is 13.1 Å². The maximum atomic E-state index is 11.4. The van der Waals surface area contributed by atoms with Crippen molar-refractivity contribution < 1.29 is 17.9 Å². The Morgan fingerprint density at radius 1 is 1.39 bits per heavy atom. The molecule has 0 heterocycles. The molecule has 0 aliphatic heterocycles. The van der Waals surface area contributed by atoms with Crippen molar-refractivity contribution in [3.8, 4) is 0 Å². The Morgan fingerprint density at radius 2 is 2.06 bits per heavy atom. The number of amides is 1. The Labute approximate surface area is 106 Å². The van der Waals surface area contributed by atoms with Crippen molar-refractivity contribution in [3.63, 3.8) is 0 Å². The third-order valence-corrected chi connectivity index (χ3v) is 3.06. The van der Waals surface area contributed by atoms with Gasteiger partial charge >= 0.3 is 16.3 Å². The zero-order valence-corrected chi connectivity index (χ0v) is 10.7. The van der Waals surface area contributed by atoms with Crippen LogP contribution in [0.5, 0.6) is 0 Å². The minimum Gasteiger partial charge on any atom is -0.452 e. The van der Waals surface area contributed by atoms with E-state index < -0.39 is 16.3 Å². The molecule has 7 nitrogen and oxygen atoms in total. The highest BCUT2D eigenvalue weighted by Crippen LogP contribution is 2.04. The summed E-state index contributed by atoms with van der Waals surface area (Å²) in [5, 5.41) is 0. The van der Waals surface area contributed by atoms with E-state index in [1.54, 1.807) is 22.9 Å². The number of ether oxygens (including phenoxy) is 1. The normalized spacial score (nSPS) is 11.0. The molecule has 1 aromatic carbocycles. The van der Waals surface area contributed by atoms with Crippen LogP contribution in [0.1, 0.15) is 11.1 Å². The fraction of sp³-hybridized carbons (Fsp3) is 0.300. The van der Waals surface area contributed by atoms with Gasteiger partial charge in [0.25, 0.3) is 0 Å². The number of hydrogen-bond donors (Lipinski definition) is 3. The number of nitrogens with two attached hydrogens (primary N) is 1. The minimum absolute atomic E-state index is 0.0557. The Hall–Kier alpha value is -1.64. The molecule has 0 unspecified atom stereocenters. The fourth-order valence-electron chi connectivity index (χ4n) is 1.23. The first-order valence-corrected chi connectivity index (χ1v) is 6.58. The molecule has 0 atom stereocenters. The van der Waals surface area contributed by atoms with E-state index in [0.717, 1.165) is 18.2 Å². The Bertz CT molecular complexity index is 516. The standard InChI is InChI=1S/C10H15N3O4S/c1-17-10(14)13-18(15,16)12-7-9-4-2-3-8(5-9)6-11/h2-5,12H,6-7,11H2,1H3,(H,13,14). The number of methoxy groups -OCH3 is 1. The summed E-state index contributed by atoms with van der Waals surface area (Å²) in [7, 11) is -2.84. The second-order valence-electron chi connectivity index (χ2n) is 3.44. The molecule has 4 N–H and O–H groups in total. The Balaban J connectivity index is 2.61. The predicted octanol–water partition coefficient (Wildman–Crippen LogP) is -0.164. The molecular weight excluding hydrogens is 258 g/mol. The van der Waals surface area contributed by atoms with E-state index >= 15 is 0 Å². The summed E-state index contributed by atoms with van der Waals surface area (Å²) in [5.74, 6) is 0. The van der Waals surface area contributed by atoms with Gasteiger partial charge < -0.3 is 10.5 Å². The number of carbonyl (C=O) groups excluding carboxylic acids is 1. The average molecular weight is 273 g/mol. The number of nitrogens with one attached hydrogen (secondary N) is 2. The molecule has 1 amide bonds. The molecule has 100 valence electrons. The molecule has 0 aliphatic rings. The summed E-state index contributed by atoms with van der Waals surface area (Å²) in [6.45, 7) is 0.432. The molecule has 8 heteroatoms. The largest absolute Gasteiger partial charge is 0.452 e. The fourth-order valence-corrected chi connectivity index (χ4v) is 1.96. The molecule has 0 saturated heterocycles.